The van der Waals surface area contributed by atoms with E-state index < -0.39 is 5.82 Å². The molecule has 3 N–H and O–H groups in total. The lowest BCUT2D eigenvalue weighted by atomic mass is 10.2. The monoisotopic (exact) mass is 298 g/mol. The molecule has 0 radical (unpaired) electrons. The summed E-state index contributed by atoms with van der Waals surface area (Å²) in [5.41, 5.74) is 5.54. The second kappa shape index (κ2) is 5.47. The molecule has 6 heteroatoms. The van der Waals surface area contributed by atoms with Crippen LogP contribution >= 0.6 is 23.2 Å². The van der Waals surface area contributed by atoms with Crippen LogP contribution in [-0.2, 0) is 0 Å². The van der Waals surface area contributed by atoms with Crippen molar-refractivity contribution < 1.29 is 9.13 Å². The summed E-state index contributed by atoms with van der Waals surface area (Å²) >= 11 is 11.7. The molecule has 0 aliphatic heterocycles. The second-order valence-electron chi connectivity index (χ2n) is 3.76. The lowest BCUT2D eigenvalue weighted by molar-refractivity contribution is 0.479. The van der Waals surface area contributed by atoms with Crippen LogP contribution in [-0.4, -0.2) is 5.84 Å². The molecular formula is C13H9Cl2FN2O. The number of halogens is 3. The number of nitrogen functional groups attached to an aromatic ring is 1. The standard InChI is InChI=1S/C13H9Cl2FN2O/c14-7-3-8(15)5-10(4-7)19-12-2-1-9(16)6-11(12)13(17)18/h1-6H,(H3,17,18). The average Bonchev–Trinajstić information content (AvgIpc) is 2.30. The van der Waals surface area contributed by atoms with E-state index in [1.165, 1.54) is 12.1 Å². The maximum Gasteiger partial charge on any atom is 0.138 e. The molecular weight excluding hydrogens is 290 g/mol. The Labute approximate surface area is 119 Å². The van der Waals surface area contributed by atoms with Crippen LogP contribution in [0.25, 0.3) is 0 Å². The Kier molecular flexibility index (Phi) is 3.93. The summed E-state index contributed by atoms with van der Waals surface area (Å²) in [6, 6.07) is 8.41. The predicted molar refractivity (Wildman–Crippen MR) is 74.0 cm³/mol. The maximum atomic E-state index is 13.1. The SMILES string of the molecule is N=C(N)c1cc(F)ccc1Oc1cc(Cl)cc(Cl)c1. The van der Waals surface area contributed by atoms with Gasteiger partial charge in [-0.2, -0.15) is 0 Å². The van der Waals surface area contributed by atoms with Gasteiger partial charge >= 0.3 is 0 Å². The Hall–Kier alpha value is -1.78. The van der Waals surface area contributed by atoms with E-state index in [1.807, 2.05) is 0 Å². The fourth-order valence-corrected chi connectivity index (χ4v) is 2.02. The van der Waals surface area contributed by atoms with E-state index in [-0.39, 0.29) is 17.1 Å². The highest BCUT2D eigenvalue weighted by atomic mass is 35.5. The molecule has 0 aromatic heterocycles. The van der Waals surface area contributed by atoms with Crippen molar-refractivity contribution in [2.45, 2.75) is 0 Å². The Morgan fingerprint density at radius 3 is 2.32 bits per heavy atom. The number of hydrogen-bond donors (Lipinski definition) is 2. The van der Waals surface area contributed by atoms with Crippen molar-refractivity contribution in [2.75, 3.05) is 0 Å². The summed E-state index contributed by atoms with van der Waals surface area (Å²) in [6.07, 6.45) is 0. The molecule has 0 unspecified atom stereocenters. The minimum atomic E-state index is -0.498. The third-order valence-corrected chi connectivity index (χ3v) is 2.73. The highest BCUT2D eigenvalue weighted by molar-refractivity contribution is 6.34. The lowest BCUT2D eigenvalue weighted by Crippen LogP contribution is -2.12. The first-order valence-corrected chi connectivity index (χ1v) is 5.99. The fraction of sp³-hybridized carbons (Fsp3) is 0. The zero-order chi connectivity index (χ0) is 14.0. The van der Waals surface area contributed by atoms with E-state index in [9.17, 15) is 4.39 Å². The molecule has 2 aromatic carbocycles. The third kappa shape index (κ3) is 3.36. The smallest absolute Gasteiger partial charge is 0.138 e. The minimum Gasteiger partial charge on any atom is -0.456 e. The van der Waals surface area contributed by atoms with Crippen molar-refractivity contribution in [3.63, 3.8) is 0 Å². The molecule has 0 heterocycles. The number of hydrogen-bond acceptors (Lipinski definition) is 2. The van der Waals surface area contributed by atoms with Gasteiger partial charge in [-0.05, 0) is 36.4 Å². The molecule has 0 spiro atoms. The van der Waals surface area contributed by atoms with Gasteiger partial charge in [-0.15, -0.1) is 0 Å². The molecule has 0 atom stereocenters. The molecule has 2 aromatic rings. The Balaban J connectivity index is 2.40. The molecule has 0 aliphatic rings. The highest BCUT2D eigenvalue weighted by Crippen LogP contribution is 2.30. The van der Waals surface area contributed by atoms with E-state index >= 15 is 0 Å². The topological polar surface area (TPSA) is 59.1 Å². The molecule has 0 saturated carbocycles. The van der Waals surface area contributed by atoms with E-state index in [4.69, 9.17) is 39.1 Å². The minimum absolute atomic E-state index is 0.163. The molecule has 2 rings (SSSR count). The van der Waals surface area contributed by atoms with Crippen LogP contribution in [0.15, 0.2) is 36.4 Å². The normalized spacial score (nSPS) is 10.3. The van der Waals surface area contributed by atoms with Crippen molar-refractivity contribution in [2.24, 2.45) is 5.73 Å². The summed E-state index contributed by atoms with van der Waals surface area (Å²) < 4.78 is 18.7. The van der Waals surface area contributed by atoms with Crippen LogP contribution in [0.2, 0.25) is 10.0 Å². The number of rotatable bonds is 3. The van der Waals surface area contributed by atoms with Gasteiger partial charge in [0.1, 0.15) is 23.2 Å². The Bertz CT molecular complexity index is 626. The van der Waals surface area contributed by atoms with E-state index in [0.29, 0.717) is 15.8 Å². The van der Waals surface area contributed by atoms with Gasteiger partial charge in [0, 0.05) is 10.0 Å². The number of nitrogens with two attached hydrogens (primary N) is 1. The highest BCUT2D eigenvalue weighted by Gasteiger charge is 2.10. The third-order valence-electron chi connectivity index (χ3n) is 2.30. The average molecular weight is 299 g/mol. The fourth-order valence-electron chi connectivity index (χ4n) is 1.52. The number of benzene rings is 2. The van der Waals surface area contributed by atoms with Crippen LogP contribution in [0.5, 0.6) is 11.5 Å². The first-order chi connectivity index (χ1) is 8.95. The van der Waals surface area contributed by atoms with Crippen molar-refractivity contribution in [3.8, 4) is 11.5 Å². The van der Waals surface area contributed by atoms with Gasteiger partial charge in [0.15, 0.2) is 0 Å². The Morgan fingerprint density at radius 1 is 1.11 bits per heavy atom. The van der Waals surface area contributed by atoms with Crippen molar-refractivity contribution >= 4 is 29.0 Å². The molecule has 0 bridgehead atoms. The zero-order valence-electron chi connectivity index (χ0n) is 9.58. The van der Waals surface area contributed by atoms with Crippen LogP contribution in [0.1, 0.15) is 5.56 Å². The molecule has 98 valence electrons. The first kappa shape index (κ1) is 13.6. The van der Waals surface area contributed by atoms with E-state index in [2.05, 4.69) is 0 Å². The lowest BCUT2D eigenvalue weighted by Gasteiger charge is -2.11. The molecule has 0 aliphatic carbocycles. The molecule has 0 fully saturated rings. The number of nitrogens with one attached hydrogen (secondary N) is 1. The van der Waals surface area contributed by atoms with Gasteiger partial charge in [-0.25, -0.2) is 4.39 Å². The van der Waals surface area contributed by atoms with Crippen LogP contribution in [0, 0.1) is 11.2 Å². The van der Waals surface area contributed by atoms with Gasteiger partial charge in [-0.3, -0.25) is 5.41 Å². The maximum absolute atomic E-state index is 13.1. The van der Waals surface area contributed by atoms with E-state index in [1.54, 1.807) is 18.2 Å². The van der Waals surface area contributed by atoms with E-state index in [0.717, 1.165) is 6.07 Å². The number of ether oxygens (including phenoxy) is 1. The summed E-state index contributed by atoms with van der Waals surface area (Å²) in [5, 5.41) is 8.22. The van der Waals surface area contributed by atoms with Crippen LogP contribution in [0.4, 0.5) is 4.39 Å². The summed E-state index contributed by atoms with van der Waals surface area (Å²) in [4.78, 5) is 0. The van der Waals surface area contributed by atoms with Crippen LogP contribution < -0.4 is 10.5 Å². The zero-order valence-corrected chi connectivity index (χ0v) is 11.1. The van der Waals surface area contributed by atoms with Gasteiger partial charge in [0.05, 0.1) is 5.56 Å². The summed E-state index contributed by atoms with van der Waals surface area (Å²) in [7, 11) is 0. The van der Waals surface area contributed by atoms with Crippen molar-refractivity contribution in [1.82, 2.24) is 0 Å². The first-order valence-electron chi connectivity index (χ1n) is 5.23. The molecule has 0 saturated heterocycles. The molecule has 0 amide bonds. The van der Waals surface area contributed by atoms with Gasteiger partial charge in [-0.1, -0.05) is 23.2 Å². The van der Waals surface area contributed by atoms with Gasteiger partial charge in [0.25, 0.3) is 0 Å². The van der Waals surface area contributed by atoms with Gasteiger partial charge in [0.2, 0.25) is 0 Å². The quantitative estimate of drug-likeness (QED) is 0.659. The predicted octanol–water partition coefficient (Wildman–Crippen LogP) is 4.21. The largest absolute Gasteiger partial charge is 0.456 e. The summed E-state index contributed by atoms with van der Waals surface area (Å²) in [5.74, 6) is -0.150. The Morgan fingerprint density at radius 2 is 1.74 bits per heavy atom. The summed E-state index contributed by atoms with van der Waals surface area (Å²) in [6.45, 7) is 0. The molecule has 19 heavy (non-hydrogen) atoms. The van der Waals surface area contributed by atoms with Crippen molar-refractivity contribution in [3.05, 3.63) is 57.8 Å². The second-order valence-corrected chi connectivity index (χ2v) is 4.63. The van der Waals surface area contributed by atoms with Gasteiger partial charge < -0.3 is 10.5 Å². The van der Waals surface area contributed by atoms with Crippen LogP contribution in [0.3, 0.4) is 0 Å². The van der Waals surface area contributed by atoms with Crippen molar-refractivity contribution in [1.29, 1.82) is 5.41 Å². The number of amidine groups is 1. The molecule has 3 nitrogen and oxygen atoms in total.